The molecule has 1 heterocycles. The number of nitrogens with zero attached hydrogens (tertiary/aromatic N) is 1. The van der Waals surface area contributed by atoms with Crippen LogP contribution in [0.2, 0.25) is 0 Å². The van der Waals surface area contributed by atoms with Crippen molar-refractivity contribution >= 4 is 21.8 Å². The Kier molecular flexibility index (Phi) is 5.54. The van der Waals surface area contributed by atoms with E-state index in [2.05, 4.69) is 26.2 Å². The Morgan fingerprint density at radius 1 is 1.41 bits per heavy atom. The van der Waals surface area contributed by atoms with Crippen LogP contribution < -0.4 is 5.32 Å². The lowest BCUT2D eigenvalue weighted by Gasteiger charge is -2.21. The summed E-state index contributed by atoms with van der Waals surface area (Å²) in [4.78, 5) is 15.8. The summed E-state index contributed by atoms with van der Waals surface area (Å²) >= 11 is 3.26. The van der Waals surface area contributed by atoms with Gasteiger partial charge in [0.25, 0.3) is 5.91 Å². The van der Waals surface area contributed by atoms with Gasteiger partial charge in [-0.1, -0.05) is 0 Å². The molecule has 0 saturated heterocycles. The van der Waals surface area contributed by atoms with E-state index in [4.69, 9.17) is 9.47 Å². The van der Waals surface area contributed by atoms with E-state index >= 15 is 0 Å². The molecular weight excluding hydrogens is 288 g/mol. The Labute approximate surface area is 109 Å². The number of rotatable bonds is 5. The number of carbonyl (C=O) groups is 1. The fourth-order valence-electron chi connectivity index (χ4n) is 1.36. The highest BCUT2D eigenvalue weighted by Gasteiger charge is 2.19. The number of methoxy groups -OCH3 is 2. The molecule has 0 aliphatic rings. The normalized spacial score (nSPS) is 12.5. The van der Waals surface area contributed by atoms with Crippen LogP contribution in [0.15, 0.2) is 22.8 Å². The van der Waals surface area contributed by atoms with Crippen molar-refractivity contribution in [2.45, 2.75) is 19.3 Å². The zero-order chi connectivity index (χ0) is 12.8. The summed E-state index contributed by atoms with van der Waals surface area (Å²) in [5.41, 5.74) is 0.353. The molecule has 0 aromatic carbocycles. The molecule has 0 bridgehead atoms. The van der Waals surface area contributed by atoms with Crippen LogP contribution in [0.25, 0.3) is 0 Å². The van der Waals surface area contributed by atoms with Crippen molar-refractivity contribution in [1.29, 1.82) is 0 Å². The highest BCUT2D eigenvalue weighted by atomic mass is 79.9. The number of aromatic nitrogens is 1. The molecule has 5 nitrogen and oxygen atoms in total. The van der Waals surface area contributed by atoms with Crippen LogP contribution in [0.4, 0.5) is 0 Å². The van der Waals surface area contributed by atoms with Gasteiger partial charge in [-0.3, -0.25) is 4.79 Å². The standard InChI is InChI=1S/C11H15BrN2O3/c1-7(11(16-2)17-3)14-10(15)9-5-4-8(12)6-13-9/h4-7,11H,1-3H3,(H,14,15). The Bertz CT molecular complexity index is 365. The predicted octanol–water partition coefficient (Wildman–Crippen LogP) is 1.58. The minimum absolute atomic E-state index is 0.260. The molecule has 1 N–H and O–H groups in total. The Morgan fingerprint density at radius 3 is 2.53 bits per heavy atom. The lowest BCUT2D eigenvalue weighted by atomic mass is 10.3. The second kappa shape index (κ2) is 6.68. The monoisotopic (exact) mass is 302 g/mol. The fraction of sp³-hybridized carbons (Fsp3) is 0.455. The van der Waals surface area contributed by atoms with Crippen molar-refractivity contribution in [2.24, 2.45) is 0 Å². The molecular formula is C11H15BrN2O3. The molecule has 1 unspecified atom stereocenters. The van der Waals surface area contributed by atoms with Crippen molar-refractivity contribution in [3.8, 4) is 0 Å². The van der Waals surface area contributed by atoms with Crippen molar-refractivity contribution in [1.82, 2.24) is 10.3 Å². The van der Waals surface area contributed by atoms with E-state index in [1.54, 1.807) is 25.3 Å². The molecule has 6 heteroatoms. The predicted molar refractivity (Wildman–Crippen MR) is 66.7 cm³/mol. The molecule has 0 spiro atoms. The number of halogens is 1. The minimum atomic E-state index is -0.477. The van der Waals surface area contributed by atoms with E-state index < -0.39 is 6.29 Å². The van der Waals surface area contributed by atoms with Crippen molar-refractivity contribution in [3.05, 3.63) is 28.5 Å². The first-order valence-electron chi connectivity index (χ1n) is 5.06. The smallest absolute Gasteiger partial charge is 0.270 e. The third-order valence-electron chi connectivity index (χ3n) is 2.19. The molecule has 1 atom stereocenters. The van der Waals surface area contributed by atoms with Gasteiger partial charge in [-0.2, -0.15) is 0 Å². The third kappa shape index (κ3) is 4.07. The summed E-state index contributed by atoms with van der Waals surface area (Å²) in [5, 5.41) is 2.75. The molecule has 1 rings (SSSR count). The molecule has 0 aliphatic carbocycles. The number of ether oxygens (including phenoxy) is 2. The highest BCUT2D eigenvalue weighted by Crippen LogP contribution is 2.08. The van der Waals surface area contributed by atoms with E-state index in [1.165, 1.54) is 14.2 Å². The van der Waals surface area contributed by atoms with Crippen LogP contribution >= 0.6 is 15.9 Å². The molecule has 0 radical (unpaired) electrons. The summed E-state index contributed by atoms with van der Waals surface area (Å²) in [7, 11) is 3.05. The summed E-state index contributed by atoms with van der Waals surface area (Å²) in [6.45, 7) is 1.80. The van der Waals surface area contributed by atoms with Crippen LogP contribution in [0.5, 0.6) is 0 Å². The van der Waals surface area contributed by atoms with Gasteiger partial charge in [0, 0.05) is 24.9 Å². The van der Waals surface area contributed by atoms with Gasteiger partial charge < -0.3 is 14.8 Å². The zero-order valence-corrected chi connectivity index (χ0v) is 11.5. The lowest BCUT2D eigenvalue weighted by Crippen LogP contribution is -2.43. The van der Waals surface area contributed by atoms with E-state index in [-0.39, 0.29) is 11.9 Å². The average Bonchev–Trinajstić information content (AvgIpc) is 2.31. The largest absolute Gasteiger partial charge is 0.354 e. The first-order valence-corrected chi connectivity index (χ1v) is 5.85. The van der Waals surface area contributed by atoms with Crippen LogP contribution in [-0.4, -0.2) is 37.4 Å². The molecule has 17 heavy (non-hydrogen) atoms. The maximum atomic E-state index is 11.8. The quantitative estimate of drug-likeness (QED) is 0.839. The Hall–Kier alpha value is -0.980. The van der Waals surface area contributed by atoms with E-state index in [0.717, 1.165) is 4.47 Å². The summed E-state index contributed by atoms with van der Waals surface area (Å²) < 4.78 is 10.9. The number of amides is 1. The summed E-state index contributed by atoms with van der Waals surface area (Å²) in [6.07, 6.45) is 1.10. The lowest BCUT2D eigenvalue weighted by molar-refractivity contribution is -0.117. The van der Waals surface area contributed by atoms with Crippen LogP contribution in [0.1, 0.15) is 17.4 Å². The second-order valence-electron chi connectivity index (χ2n) is 3.46. The van der Waals surface area contributed by atoms with Gasteiger partial charge in [-0.15, -0.1) is 0 Å². The topological polar surface area (TPSA) is 60.5 Å². The van der Waals surface area contributed by atoms with Crippen LogP contribution in [0, 0.1) is 0 Å². The van der Waals surface area contributed by atoms with Crippen LogP contribution in [0.3, 0.4) is 0 Å². The number of carbonyl (C=O) groups excluding carboxylic acids is 1. The molecule has 0 aliphatic heterocycles. The first-order chi connectivity index (χ1) is 8.08. The molecule has 0 fully saturated rings. The minimum Gasteiger partial charge on any atom is -0.354 e. The molecule has 94 valence electrons. The van der Waals surface area contributed by atoms with E-state index in [1.807, 2.05) is 0 Å². The summed E-state index contributed by atoms with van der Waals surface area (Å²) in [5.74, 6) is -0.260. The van der Waals surface area contributed by atoms with Gasteiger partial charge >= 0.3 is 0 Å². The van der Waals surface area contributed by atoms with Crippen molar-refractivity contribution in [2.75, 3.05) is 14.2 Å². The maximum Gasteiger partial charge on any atom is 0.270 e. The molecule has 0 saturated carbocycles. The zero-order valence-electron chi connectivity index (χ0n) is 9.94. The maximum absolute atomic E-state index is 11.8. The number of nitrogens with one attached hydrogen (secondary N) is 1. The highest BCUT2D eigenvalue weighted by molar-refractivity contribution is 9.10. The first kappa shape index (κ1) is 14.1. The van der Waals surface area contributed by atoms with Gasteiger partial charge in [0.05, 0.1) is 6.04 Å². The Balaban J connectivity index is 2.62. The number of pyridine rings is 1. The fourth-order valence-corrected chi connectivity index (χ4v) is 1.60. The van der Waals surface area contributed by atoms with Gasteiger partial charge in [0.2, 0.25) is 0 Å². The molecule has 1 aromatic heterocycles. The van der Waals surface area contributed by atoms with E-state index in [9.17, 15) is 4.79 Å². The van der Waals surface area contributed by atoms with Gasteiger partial charge in [0.15, 0.2) is 6.29 Å². The van der Waals surface area contributed by atoms with Gasteiger partial charge in [-0.25, -0.2) is 4.98 Å². The second-order valence-corrected chi connectivity index (χ2v) is 4.38. The summed E-state index contributed by atoms with van der Waals surface area (Å²) in [6, 6.07) is 3.14. The van der Waals surface area contributed by atoms with Crippen molar-refractivity contribution < 1.29 is 14.3 Å². The molecule has 1 aromatic rings. The van der Waals surface area contributed by atoms with Crippen molar-refractivity contribution in [3.63, 3.8) is 0 Å². The third-order valence-corrected chi connectivity index (χ3v) is 2.66. The van der Waals surface area contributed by atoms with E-state index in [0.29, 0.717) is 5.69 Å². The Morgan fingerprint density at radius 2 is 2.06 bits per heavy atom. The average molecular weight is 303 g/mol. The van der Waals surface area contributed by atoms with Gasteiger partial charge in [0.1, 0.15) is 5.69 Å². The van der Waals surface area contributed by atoms with Gasteiger partial charge in [-0.05, 0) is 35.0 Å². The SMILES string of the molecule is COC(OC)C(C)NC(=O)c1ccc(Br)cn1. The number of hydrogen-bond acceptors (Lipinski definition) is 4. The van der Waals surface area contributed by atoms with Crippen LogP contribution in [-0.2, 0) is 9.47 Å². The molecule has 1 amide bonds. The number of hydrogen-bond donors (Lipinski definition) is 1.